The van der Waals surface area contributed by atoms with Crippen LogP contribution in [0.25, 0.3) is 20.9 Å². The van der Waals surface area contributed by atoms with Crippen LogP contribution in [-0.2, 0) is 13.0 Å². The number of nitrogens with zero attached hydrogens (tertiary/aromatic N) is 2. The molecule has 27 heavy (non-hydrogen) atoms. The topological polar surface area (TPSA) is 37.8 Å². The Balaban J connectivity index is 1.22. The zero-order valence-electron chi connectivity index (χ0n) is 15.7. The van der Waals surface area contributed by atoms with Crippen molar-refractivity contribution in [1.29, 1.82) is 0 Å². The number of unbranched alkanes of at least 4 members (excludes halogenated alkanes) is 1. The van der Waals surface area contributed by atoms with E-state index in [1.807, 2.05) is 12.4 Å². The van der Waals surface area contributed by atoms with E-state index in [1.165, 1.54) is 51.4 Å². The van der Waals surface area contributed by atoms with Gasteiger partial charge in [-0.1, -0.05) is 36.8 Å². The van der Waals surface area contributed by atoms with Crippen LogP contribution in [0.2, 0.25) is 0 Å². The number of hydrogen-bond acceptors (Lipinski definition) is 4. The van der Waals surface area contributed by atoms with Crippen LogP contribution in [0.3, 0.4) is 0 Å². The van der Waals surface area contributed by atoms with Gasteiger partial charge in [0.05, 0.1) is 10.4 Å². The van der Waals surface area contributed by atoms with Crippen molar-refractivity contribution in [3.63, 3.8) is 0 Å². The minimum atomic E-state index is 0.519. The van der Waals surface area contributed by atoms with Crippen LogP contribution in [0.1, 0.15) is 37.4 Å². The molecular weight excluding hydrogens is 350 g/mol. The largest absolute Gasteiger partial charge is 0.310 e. The molecule has 2 aromatic carbocycles. The molecule has 2 heterocycles. The molecule has 4 rings (SSSR count). The number of fused-ring (bicyclic) bond motifs is 2. The van der Waals surface area contributed by atoms with Gasteiger partial charge >= 0.3 is 0 Å². The van der Waals surface area contributed by atoms with E-state index in [-0.39, 0.29) is 0 Å². The number of hydrogen-bond donors (Lipinski definition) is 1. The average molecular weight is 376 g/mol. The fraction of sp³-hybridized carbons (Fsp3) is 0.304. The van der Waals surface area contributed by atoms with Crippen LogP contribution in [-0.4, -0.2) is 15.4 Å². The van der Waals surface area contributed by atoms with E-state index in [2.05, 4.69) is 70.1 Å². The molecule has 3 nitrogen and oxygen atoms in total. The molecule has 2 aromatic heterocycles. The van der Waals surface area contributed by atoms with Gasteiger partial charge in [0, 0.05) is 35.8 Å². The smallest absolute Gasteiger partial charge is 0.0620 e. The van der Waals surface area contributed by atoms with Crippen LogP contribution in [0.15, 0.2) is 60.9 Å². The summed E-state index contributed by atoms with van der Waals surface area (Å²) in [5.41, 5.74) is 2.59. The molecule has 4 aromatic rings. The number of aromatic nitrogens is 2. The summed E-state index contributed by atoms with van der Waals surface area (Å²) in [6.45, 7) is 3.19. The molecule has 1 N–H and O–H groups in total. The van der Waals surface area contributed by atoms with Crippen molar-refractivity contribution in [2.45, 2.75) is 45.2 Å². The summed E-state index contributed by atoms with van der Waals surface area (Å²) in [5, 5.41) is 7.45. The zero-order chi connectivity index (χ0) is 18.5. The third-order valence-electron chi connectivity index (χ3n) is 5.11. The van der Waals surface area contributed by atoms with Gasteiger partial charge in [0.25, 0.3) is 0 Å². The van der Waals surface area contributed by atoms with Gasteiger partial charge in [0.1, 0.15) is 0 Å². The Labute approximate surface area is 164 Å². The Morgan fingerprint density at radius 3 is 2.93 bits per heavy atom. The number of rotatable bonds is 8. The number of pyridine rings is 1. The molecule has 138 valence electrons. The molecule has 0 bridgehead atoms. The van der Waals surface area contributed by atoms with Crippen molar-refractivity contribution in [2.75, 3.05) is 0 Å². The van der Waals surface area contributed by atoms with Crippen LogP contribution < -0.4 is 5.32 Å². The Morgan fingerprint density at radius 2 is 1.96 bits per heavy atom. The van der Waals surface area contributed by atoms with E-state index in [9.17, 15) is 0 Å². The summed E-state index contributed by atoms with van der Waals surface area (Å²) in [7, 11) is 0. The molecule has 0 amide bonds. The van der Waals surface area contributed by atoms with E-state index in [0.717, 1.165) is 13.0 Å². The highest BCUT2D eigenvalue weighted by Crippen LogP contribution is 2.23. The fourth-order valence-corrected chi connectivity index (χ4v) is 4.32. The van der Waals surface area contributed by atoms with Crippen LogP contribution in [0, 0.1) is 0 Å². The van der Waals surface area contributed by atoms with Crippen molar-refractivity contribution in [1.82, 2.24) is 14.7 Å². The van der Waals surface area contributed by atoms with Crippen molar-refractivity contribution in [3.05, 3.63) is 72.2 Å². The Kier molecular flexibility index (Phi) is 5.75. The van der Waals surface area contributed by atoms with Crippen molar-refractivity contribution < 1.29 is 0 Å². The van der Waals surface area contributed by atoms with Gasteiger partial charge in [0.2, 0.25) is 0 Å². The minimum absolute atomic E-state index is 0.519. The highest BCUT2D eigenvalue weighted by Gasteiger charge is 2.06. The number of benzene rings is 2. The summed E-state index contributed by atoms with van der Waals surface area (Å²) < 4.78 is 5.93. The number of nitrogens with one attached hydrogen (secondary N) is 1. The Hall–Kier alpha value is -2.30. The molecule has 0 aliphatic rings. The first-order valence-corrected chi connectivity index (χ1v) is 10.5. The molecule has 4 heteroatoms. The Morgan fingerprint density at radius 1 is 1.04 bits per heavy atom. The summed E-state index contributed by atoms with van der Waals surface area (Å²) >= 11 is 1.62. The molecule has 0 aliphatic heterocycles. The molecule has 0 radical (unpaired) electrons. The first-order valence-electron chi connectivity index (χ1n) is 9.69. The van der Waals surface area contributed by atoms with Gasteiger partial charge in [0.15, 0.2) is 0 Å². The van der Waals surface area contributed by atoms with Crippen LogP contribution >= 0.6 is 11.5 Å². The Bertz CT molecular complexity index is 1020. The third kappa shape index (κ3) is 4.52. The zero-order valence-corrected chi connectivity index (χ0v) is 16.5. The molecule has 0 aliphatic carbocycles. The summed E-state index contributed by atoms with van der Waals surface area (Å²) in [4.78, 5) is 4.17. The van der Waals surface area contributed by atoms with E-state index in [0.29, 0.717) is 6.04 Å². The molecule has 1 atom stereocenters. The van der Waals surface area contributed by atoms with Crippen molar-refractivity contribution in [2.24, 2.45) is 0 Å². The first kappa shape index (κ1) is 18.1. The minimum Gasteiger partial charge on any atom is -0.310 e. The fourth-order valence-electron chi connectivity index (χ4n) is 3.50. The second-order valence-corrected chi connectivity index (χ2v) is 8.02. The lowest BCUT2D eigenvalue weighted by Crippen LogP contribution is -2.25. The second-order valence-electron chi connectivity index (χ2n) is 7.21. The maximum Gasteiger partial charge on any atom is 0.0620 e. The molecule has 0 saturated heterocycles. The highest BCUT2D eigenvalue weighted by atomic mass is 32.1. The number of aryl methyl sites for hydroxylation is 1. The third-order valence-corrected chi connectivity index (χ3v) is 5.98. The molecule has 0 unspecified atom stereocenters. The van der Waals surface area contributed by atoms with Crippen LogP contribution in [0.5, 0.6) is 0 Å². The maximum atomic E-state index is 4.63. The lowest BCUT2D eigenvalue weighted by molar-refractivity contribution is 0.489. The van der Waals surface area contributed by atoms with Gasteiger partial charge in [-0.05, 0) is 66.9 Å². The maximum absolute atomic E-state index is 4.63. The monoisotopic (exact) mass is 375 g/mol. The van der Waals surface area contributed by atoms with Crippen molar-refractivity contribution in [3.8, 4) is 0 Å². The molecule has 0 fully saturated rings. The molecular formula is C23H25N3S. The van der Waals surface area contributed by atoms with E-state index >= 15 is 0 Å². The average Bonchev–Trinajstić information content (AvgIpc) is 3.13. The summed E-state index contributed by atoms with van der Waals surface area (Å²) in [6.07, 6.45) is 8.47. The standard InChI is InChI=1S/C23H25N3S/c1-17(25-15-18-10-11-20-16-24-13-12-19(20)14-18)6-2-4-8-22-21-7-3-5-9-23(21)27-26-22/h3,5,7,9-14,16-17,25H,2,4,6,8,15H2,1H3/t17-/m1/s1. The van der Waals surface area contributed by atoms with E-state index in [1.54, 1.807) is 11.5 Å². The lowest BCUT2D eigenvalue weighted by atomic mass is 10.1. The normalized spacial score (nSPS) is 12.6. The van der Waals surface area contributed by atoms with Gasteiger partial charge < -0.3 is 5.32 Å². The lowest BCUT2D eigenvalue weighted by Gasteiger charge is -2.14. The quantitative estimate of drug-likeness (QED) is 0.399. The predicted molar refractivity (Wildman–Crippen MR) is 115 cm³/mol. The second kappa shape index (κ2) is 8.59. The molecule has 0 spiro atoms. The summed E-state index contributed by atoms with van der Waals surface area (Å²) in [5.74, 6) is 0. The highest BCUT2D eigenvalue weighted by molar-refractivity contribution is 7.13. The first-order chi connectivity index (χ1) is 13.3. The van der Waals surface area contributed by atoms with Gasteiger partial charge in [-0.15, -0.1) is 0 Å². The van der Waals surface area contributed by atoms with Crippen LogP contribution in [0.4, 0.5) is 0 Å². The molecule has 0 saturated carbocycles. The van der Waals surface area contributed by atoms with Gasteiger partial charge in [-0.25, -0.2) is 0 Å². The SMILES string of the molecule is C[C@H](CCCCc1nsc2ccccc12)NCc1ccc2cnccc2c1. The van der Waals surface area contributed by atoms with E-state index < -0.39 is 0 Å². The van der Waals surface area contributed by atoms with Gasteiger partial charge in [-0.2, -0.15) is 4.37 Å². The summed E-state index contributed by atoms with van der Waals surface area (Å²) in [6, 6.07) is 17.7. The van der Waals surface area contributed by atoms with Gasteiger partial charge in [-0.3, -0.25) is 4.98 Å². The van der Waals surface area contributed by atoms with E-state index in [4.69, 9.17) is 0 Å². The predicted octanol–water partition coefficient (Wildman–Crippen LogP) is 5.74. The van der Waals surface area contributed by atoms with Crippen molar-refractivity contribution >= 4 is 32.4 Å².